The van der Waals surface area contributed by atoms with Crippen molar-refractivity contribution in [3.8, 4) is 11.5 Å². The van der Waals surface area contributed by atoms with Crippen LogP contribution in [-0.4, -0.2) is 26.6 Å². The van der Waals surface area contributed by atoms with Gasteiger partial charge >= 0.3 is 0 Å². The molecule has 1 aliphatic carbocycles. The SMILES string of the molecule is NC(=O)c1c[nH]c(-c2noc(CCC3(N)CC3)n2)c1. The van der Waals surface area contributed by atoms with E-state index in [2.05, 4.69) is 15.1 Å². The Morgan fingerprint density at radius 3 is 2.95 bits per heavy atom. The number of amides is 1. The number of carbonyl (C=O) groups is 1. The summed E-state index contributed by atoms with van der Waals surface area (Å²) in [5.41, 5.74) is 12.1. The first-order chi connectivity index (χ1) is 9.06. The molecule has 100 valence electrons. The highest BCUT2D eigenvalue weighted by atomic mass is 16.5. The summed E-state index contributed by atoms with van der Waals surface area (Å²) in [4.78, 5) is 18.2. The van der Waals surface area contributed by atoms with E-state index in [9.17, 15) is 4.79 Å². The molecule has 7 nitrogen and oxygen atoms in total. The van der Waals surface area contributed by atoms with E-state index in [1.165, 1.54) is 6.20 Å². The van der Waals surface area contributed by atoms with Crippen LogP contribution in [0.1, 0.15) is 35.5 Å². The molecule has 2 aromatic rings. The molecule has 3 rings (SSSR count). The van der Waals surface area contributed by atoms with Gasteiger partial charge in [-0.3, -0.25) is 4.79 Å². The van der Waals surface area contributed by atoms with Crippen LogP contribution in [0.2, 0.25) is 0 Å². The third kappa shape index (κ3) is 2.50. The molecular weight excluding hydrogens is 246 g/mol. The Labute approximate surface area is 109 Å². The van der Waals surface area contributed by atoms with Crippen LogP contribution in [0.4, 0.5) is 0 Å². The molecule has 0 radical (unpaired) electrons. The maximum Gasteiger partial charge on any atom is 0.250 e. The van der Waals surface area contributed by atoms with E-state index in [0.717, 1.165) is 19.3 Å². The van der Waals surface area contributed by atoms with Crippen molar-refractivity contribution < 1.29 is 9.32 Å². The Balaban J connectivity index is 1.70. The molecule has 0 saturated heterocycles. The average Bonchev–Trinajstić information content (AvgIpc) is 2.88. The summed E-state index contributed by atoms with van der Waals surface area (Å²) in [6.07, 6.45) is 5.17. The maximum absolute atomic E-state index is 11.0. The molecule has 0 aromatic carbocycles. The van der Waals surface area contributed by atoms with E-state index >= 15 is 0 Å². The lowest BCUT2D eigenvalue weighted by Gasteiger charge is -2.03. The highest BCUT2D eigenvalue weighted by Crippen LogP contribution is 2.36. The van der Waals surface area contributed by atoms with E-state index < -0.39 is 5.91 Å². The molecule has 19 heavy (non-hydrogen) atoms. The van der Waals surface area contributed by atoms with Gasteiger partial charge in [0.05, 0.1) is 11.3 Å². The van der Waals surface area contributed by atoms with Crippen LogP contribution in [0, 0.1) is 0 Å². The topological polar surface area (TPSA) is 124 Å². The highest BCUT2D eigenvalue weighted by Gasteiger charge is 2.37. The number of hydrogen-bond acceptors (Lipinski definition) is 5. The van der Waals surface area contributed by atoms with Crippen molar-refractivity contribution in [2.75, 3.05) is 0 Å². The fourth-order valence-electron chi connectivity index (χ4n) is 1.90. The molecule has 0 unspecified atom stereocenters. The first-order valence-electron chi connectivity index (χ1n) is 6.16. The lowest BCUT2D eigenvalue weighted by atomic mass is 10.1. The normalized spacial score (nSPS) is 16.5. The molecular formula is C12H15N5O2. The Hall–Kier alpha value is -2.15. The standard InChI is InChI=1S/C12H15N5O2/c13-10(18)7-5-8(15-6-7)11-16-9(19-17-11)1-2-12(14)3-4-12/h5-6,15H,1-4,14H2,(H2,13,18). The highest BCUT2D eigenvalue weighted by molar-refractivity contribution is 5.93. The van der Waals surface area contributed by atoms with E-state index in [-0.39, 0.29) is 5.54 Å². The summed E-state index contributed by atoms with van der Waals surface area (Å²) in [7, 11) is 0. The third-order valence-electron chi connectivity index (χ3n) is 3.41. The van der Waals surface area contributed by atoms with Gasteiger partial charge in [0.2, 0.25) is 17.6 Å². The Kier molecular flexibility index (Phi) is 2.63. The molecule has 2 aromatic heterocycles. The van der Waals surface area contributed by atoms with Gasteiger partial charge in [0.15, 0.2) is 0 Å². The van der Waals surface area contributed by atoms with Gasteiger partial charge in [0, 0.05) is 18.2 Å². The number of carbonyl (C=O) groups excluding carboxylic acids is 1. The van der Waals surface area contributed by atoms with Crippen LogP contribution in [0.15, 0.2) is 16.8 Å². The molecule has 0 bridgehead atoms. The first kappa shape index (κ1) is 11.9. The zero-order valence-electron chi connectivity index (χ0n) is 10.3. The monoisotopic (exact) mass is 261 g/mol. The number of H-pyrrole nitrogens is 1. The molecule has 1 fully saturated rings. The summed E-state index contributed by atoms with van der Waals surface area (Å²) < 4.78 is 5.16. The second-order valence-corrected chi connectivity index (χ2v) is 5.04. The second kappa shape index (κ2) is 4.20. The van der Waals surface area contributed by atoms with Crippen LogP contribution in [0.5, 0.6) is 0 Å². The van der Waals surface area contributed by atoms with Gasteiger partial charge in [0.1, 0.15) is 0 Å². The van der Waals surface area contributed by atoms with Crippen molar-refractivity contribution in [3.05, 3.63) is 23.7 Å². The summed E-state index contributed by atoms with van der Waals surface area (Å²) in [6, 6.07) is 1.60. The number of nitrogens with zero attached hydrogens (tertiary/aromatic N) is 2. The van der Waals surface area contributed by atoms with Crippen molar-refractivity contribution in [1.29, 1.82) is 0 Å². The molecule has 0 atom stereocenters. The average molecular weight is 261 g/mol. The van der Waals surface area contributed by atoms with E-state index in [0.29, 0.717) is 29.4 Å². The van der Waals surface area contributed by atoms with Crippen LogP contribution in [0.25, 0.3) is 11.5 Å². The number of aromatic amines is 1. The predicted octanol–water partition coefficient (Wildman–Crippen LogP) is 0.587. The number of nitrogens with one attached hydrogen (secondary N) is 1. The molecule has 5 N–H and O–H groups in total. The van der Waals surface area contributed by atoms with Gasteiger partial charge in [-0.2, -0.15) is 4.98 Å². The largest absolute Gasteiger partial charge is 0.366 e. The minimum atomic E-state index is -0.495. The first-order valence-corrected chi connectivity index (χ1v) is 6.16. The summed E-state index contributed by atoms with van der Waals surface area (Å²) in [5, 5.41) is 3.87. The van der Waals surface area contributed by atoms with Crippen molar-refractivity contribution in [3.63, 3.8) is 0 Å². The van der Waals surface area contributed by atoms with Crippen molar-refractivity contribution >= 4 is 5.91 Å². The van der Waals surface area contributed by atoms with Crippen molar-refractivity contribution in [2.24, 2.45) is 11.5 Å². The number of aryl methyl sites for hydroxylation is 1. The van der Waals surface area contributed by atoms with Gasteiger partial charge in [0.25, 0.3) is 0 Å². The fourth-order valence-corrected chi connectivity index (χ4v) is 1.90. The number of rotatable bonds is 5. The number of primary amides is 1. The number of hydrogen-bond donors (Lipinski definition) is 3. The Morgan fingerprint density at radius 2 is 2.32 bits per heavy atom. The molecule has 1 amide bonds. The molecule has 0 aliphatic heterocycles. The summed E-state index contributed by atoms with van der Waals surface area (Å²) in [6.45, 7) is 0. The molecule has 2 heterocycles. The quantitative estimate of drug-likeness (QED) is 0.726. The lowest BCUT2D eigenvalue weighted by molar-refractivity contribution is 0.100. The van der Waals surface area contributed by atoms with Gasteiger partial charge in [-0.15, -0.1) is 0 Å². The van der Waals surface area contributed by atoms with Crippen LogP contribution in [-0.2, 0) is 6.42 Å². The van der Waals surface area contributed by atoms with Gasteiger partial charge in [-0.05, 0) is 25.3 Å². The van der Waals surface area contributed by atoms with E-state index in [1.807, 2.05) is 0 Å². The third-order valence-corrected chi connectivity index (χ3v) is 3.41. The zero-order chi connectivity index (χ0) is 13.5. The number of aromatic nitrogens is 3. The van der Waals surface area contributed by atoms with E-state index in [1.54, 1.807) is 6.07 Å². The lowest BCUT2D eigenvalue weighted by Crippen LogP contribution is -2.22. The zero-order valence-corrected chi connectivity index (χ0v) is 10.3. The van der Waals surface area contributed by atoms with Crippen molar-refractivity contribution in [1.82, 2.24) is 15.1 Å². The van der Waals surface area contributed by atoms with Gasteiger partial charge in [-0.25, -0.2) is 0 Å². The Morgan fingerprint density at radius 1 is 1.53 bits per heavy atom. The smallest absolute Gasteiger partial charge is 0.250 e. The predicted molar refractivity (Wildman–Crippen MR) is 67.1 cm³/mol. The number of nitrogens with two attached hydrogens (primary N) is 2. The molecule has 1 aliphatic rings. The van der Waals surface area contributed by atoms with E-state index in [4.69, 9.17) is 16.0 Å². The fraction of sp³-hybridized carbons (Fsp3) is 0.417. The summed E-state index contributed by atoms with van der Waals surface area (Å²) >= 11 is 0. The molecule has 7 heteroatoms. The van der Waals surface area contributed by atoms with Gasteiger partial charge < -0.3 is 21.0 Å². The van der Waals surface area contributed by atoms with Crippen LogP contribution >= 0.6 is 0 Å². The summed E-state index contributed by atoms with van der Waals surface area (Å²) in [5.74, 6) is 0.483. The molecule has 1 saturated carbocycles. The minimum Gasteiger partial charge on any atom is -0.366 e. The van der Waals surface area contributed by atoms with Crippen molar-refractivity contribution in [2.45, 2.75) is 31.2 Å². The maximum atomic E-state index is 11.0. The van der Waals surface area contributed by atoms with Crippen LogP contribution < -0.4 is 11.5 Å². The van der Waals surface area contributed by atoms with Crippen LogP contribution in [0.3, 0.4) is 0 Å². The van der Waals surface area contributed by atoms with Gasteiger partial charge in [-0.1, -0.05) is 5.16 Å². The second-order valence-electron chi connectivity index (χ2n) is 5.04. The molecule has 0 spiro atoms. The Bertz CT molecular complexity index is 611. The minimum absolute atomic E-state index is 0.0276.